The molecule has 0 spiro atoms. The third-order valence-electron chi connectivity index (χ3n) is 1.44. The highest BCUT2D eigenvalue weighted by Gasteiger charge is 2.10. The van der Waals surface area contributed by atoms with Crippen molar-refractivity contribution in [3.8, 4) is 0 Å². The van der Waals surface area contributed by atoms with E-state index in [1.165, 1.54) is 0 Å². The molecule has 1 aromatic carbocycles. The molecule has 80 valence electrons. The Morgan fingerprint density at radius 2 is 2.13 bits per heavy atom. The maximum Gasteiger partial charge on any atom is 0.270 e. The number of oxime groups is 1. The minimum atomic E-state index is -0.975. The van der Waals surface area contributed by atoms with Crippen LogP contribution in [0.15, 0.2) is 17.3 Å². The van der Waals surface area contributed by atoms with Gasteiger partial charge in [-0.2, -0.15) is 0 Å². The van der Waals surface area contributed by atoms with Gasteiger partial charge >= 0.3 is 0 Å². The van der Waals surface area contributed by atoms with Crippen LogP contribution in [0, 0.1) is 11.6 Å². The summed E-state index contributed by atoms with van der Waals surface area (Å²) < 4.78 is 25.7. The summed E-state index contributed by atoms with van der Waals surface area (Å²) in [5.41, 5.74) is -0.300. The van der Waals surface area contributed by atoms with Crippen LogP contribution in [0.25, 0.3) is 0 Å². The van der Waals surface area contributed by atoms with E-state index in [-0.39, 0.29) is 10.7 Å². The van der Waals surface area contributed by atoms with Crippen LogP contribution < -0.4 is 5.32 Å². The summed E-state index contributed by atoms with van der Waals surface area (Å²) in [6, 6.07) is 1.45. The Kier molecular flexibility index (Phi) is 3.56. The molecule has 15 heavy (non-hydrogen) atoms. The number of nitrogens with zero attached hydrogens (tertiary/aromatic N) is 1. The van der Waals surface area contributed by atoms with Gasteiger partial charge in [0.2, 0.25) is 0 Å². The van der Waals surface area contributed by atoms with Gasteiger partial charge in [-0.15, -0.1) is 0 Å². The largest absolute Gasteiger partial charge is 0.411 e. The van der Waals surface area contributed by atoms with Gasteiger partial charge in [0, 0.05) is 6.07 Å². The Morgan fingerprint density at radius 3 is 2.73 bits per heavy atom. The van der Waals surface area contributed by atoms with Crippen LogP contribution >= 0.6 is 11.6 Å². The number of amides is 1. The summed E-state index contributed by atoms with van der Waals surface area (Å²) in [5.74, 6) is -2.77. The Bertz CT molecular complexity index is 423. The van der Waals surface area contributed by atoms with Crippen LogP contribution in [-0.4, -0.2) is 17.3 Å². The maximum atomic E-state index is 13.0. The monoisotopic (exact) mass is 234 g/mol. The number of benzene rings is 1. The predicted octanol–water partition coefficient (Wildman–Crippen LogP) is 2.02. The van der Waals surface area contributed by atoms with Crippen molar-refractivity contribution >= 4 is 29.4 Å². The molecule has 0 fully saturated rings. The fourth-order valence-electron chi connectivity index (χ4n) is 0.836. The number of hydrogen-bond donors (Lipinski definition) is 2. The third kappa shape index (κ3) is 2.88. The van der Waals surface area contributed by atoms with Gasteiger partial charge in [-0.05, 0) is 6.07 Å². The van der Waals surface area contributed by atoms with Crippen LogP contribution in [0.2, 0.25) is 5.02 Å². The summed E-state index contributed by atoms with van der Waals surface area (Å²) in [7, 11) is 0. The van der Waals surface area contributed by atoms with Gasteiger partial charge < -0.3 is 10.5 Å². The standard InChI is InChI=1S/C8H5ClF2N2O2/c9-4-1-7(6(11)2-5(4)10)13-8(14)3-12-15/h1-3,15H,(H,13,14)/b12-3+. The molecule has 0 unspecified atom stereocenters. The number of nitrogens with one attached hydrogen (secondary N) is 1. The highest BCUT2D eigenvalue weighted by molar-refractivity contribution is 6.33. The molecule has 1 aromatic rings. The Hall–Kier alpha value is -1.69. The van der Waals surface area contributed by atoms with Gasteiger partial charge in [-0.25, -0.2) is 8.78 Å². The van der Waals surface area contributed by atoms with Crippen molar-refractivity contribution in [3.05, 3.63) is 28.8 Å². The molecule has 0 saturated heterocycles. The Labute approximate surface area is 88.2 Å². The molecule has 4 nitrogen and oxygen atoms in total. The second-order valence-corrected chi connectivity index (χ2v) is 2.89. The predicted molar refractivity (Wildman–Crippen MR) is 50.3 cm³/mol. The summed E-state index contributed by atoms with van der Waals surface area (Å²) in [5, 5.41) is 12.1. The summed E-state index contributed by atoms with van der Waals surface area (Å²) in [4.78, 5) is 10.8. The molecule has 1 amide bonds. The number of rotatable bonds is 2. The second kappa shape index (κ2) is 4.70. The first-order valence-corrected chi connectivity index (χ1v) is 4.05. The molecule has 0 heterocycles. The second-order valence-electron chi connectivity index (χ2n) is 2.48. The van der Waals surface area contributed by atoms with E-state index < -0.39 is 17.5 Å². The van der Waals surface area contributed by atoms with Crippen LogP contribution in [0.4, 0.5) is 14.5 Å². The Balaban J connectivity index is 2.95. The average Bonchev–Trinajstić information content (AvgIpc) is 2.14. The van der Waals surface area contributed by atoms with E-state index in [1.54, 1.807) is 0 Å². The summed E-state index contributed by atoms with van der Waals surface area (Å²) in [6.07, 6.45) is 0.525. The first kappa shape index (κ1) is 11.4. The molecule has 0 atom stereocenters. The number of hydrogen-bond acceptors (Lipinski definition) is 3. The summed E-state index contributed by atoms with van der Waals surface area (Å²) >= 11 is 5.37. The molecule has 0 aliphatic carbocycles. The lowest BCUT2D eigenvalue weighted by atomic mass is 10.3. The van der Waals surface area contributed by atoms with E-state index in [1.807, 2.05) is 5.32 Å². The molecule has 0 aliphatic heterocycles. The minimum absolute atomic E-state index is 0.300. The van der Waals surface area contributed by atoms with E-state index in [4.69, 9.17) is 16.8 Å². The van der Waals surface area contributed by atoms with Crippen molar-refractivity contribution < 1.29 is 18.8 Å². The number of carbonyl (C=O) groups excluding carboxylic acids is 1. The molecule has 1 rings (SSSR count). The zero-order valence-electron chi connectivity index (χ0n) is 7.17. The van der Waals surface area contributed by atoms with Crippen molar-refractivity contribution in [1.29, 1.82) is 0 Å². The van der Waals surface area contributed by atoms with Crippen molar-refractivity contribution in [1.82, 2.24) is 0 Å². The Morgan fingerprint density at radius 1 is 1.47 bits per heavy atom. The highest BCUT2D eigenvalue weighted by atomic mass is 35.5. The summed E-state index contributed by atoms with van der Waals surface area (Å²) in [6.45, 7) is 0. The molecule has 0 bridgehead atoms. The molecule has 2 N–H and O–H groups in total. The zero-order chi connectivity index (χ0) is 11.4. The lowest BCUT2D eigenvalue weighted by molar-refractivity contribution is -0.110. The van der Waals surface area contributed by atoms with Gasteiger partial charge in [0.05, 0.1) is 10.7 Å². The normalized spacial score (nSPS) is 10.6. The first-order chi connectivity index (χ1) is 7.04. The number of carbonyl (C=O) groups is 1. The van der Waals surface area contributed by atoms with Crippen LogP contribution in [-0.2, 0) is 4.79 Å². The van der Waals surface area contributed by atoms with Crippen molar-refractivity contribution in [2.24, 2.45) is 5.16 Å². The van der Waals surface area contributed by atoms with Gasteiger partial charge in [0.1, 0.15) is 17.8 Å². The van der Waals surface area contributed by atoms with Gasteiger partial charge in [0.25, 0.3) is 5.91 Å². The molecule has 0 saturated carbocycles. The van der Waals surface area contributed by atoms with E-state index in [9.17, 15) is 13.6 Å². The number of halogens is 3. The van der Waals surface area contributed by atoms with Gasteiger partial charge in [0.15, 0.2) is 0 Å². The fourth-order valence-corrected chi connectivity index (χ4v) is 0.999. The highest BCUT2D eigenvalue weighted by Crippen LogP contribution is 2.22. The smallest absolute Gasteiger partial charge is 0.270 e. The van der Waals surface area contributed by atoms with Crippen molar-refractivity contribution in [3.63, 3.8) is 0 Å². The minimum Gasteiger partial charge on any atom is -0.411 e. The van der Waals surface area contributed by atoms with E-state index in [0.29, 0.717) is 12.3 Å². The maximum absolute atomic E-state index is 13.0. The topological polar surface area (TPSA) is 61.7 Å². The van der Waals surface area contributed by atoms with Gasteiger partial charge in [-0.3, -0.25) is 4.79 Å². The molecule has 0 radical (unpaired) electrons. The average molecular weight is 235 g/mol. The fraction of sp³-hybridized carbons (Fsp3) is 0. The first-order valence-electron chi connectivity index (χ1n) is 3.67. The van der Waals surface area contributed by atoms with E-state index in [2.05, 4.69) is 5.16 Å². The van der Waals surface area contributed by atoms with Crippen molar-refractivity contribution in [2.45, 2.75) is 0 Å². The van der Waals surface area contributed by atoms with Gasteiger partial charge in [-0.1, -0.05) is 16.8 Å². The quantitative estimate of drug-likeness (QED) is 0.356. The SMILES string of the molecule is O=C(/C=N/O)Nc1cc(Cl)c(F)cc1F. The third-order valence-corrected chi connectivity index (χ3v) is 1.73. The molecule has 7 heteroatoms. The lowest BCUT2D eigenvalue weighted by Crippen LogP contribution is -2.13. The molecular formula is C8H5ClF2N2O2. The molecule has 0 aromatic heterocycles. The molecule has 0 aliphatic rings. The van der Waals surface area contributed by atoms with Crippen LogP contribution in [0.3, 0.4) is 0 Å². The van der Waals surface area contributed by atoms with Crippen LogP contribution in [0.1, 0.15) is 0 Å². The van der Waals surface area contributed by atoms with Crippen molar-refractivity contribution in [2.75, 3.05) is 5.32 Å². The molecular weight excluding hydrogens is 230 g/mol. The van der Waals surface area contributed by atoms with E-state index >= 15 is 0 Å². The number of anilines is 1. The lowest BCUT2D eigenvalue weighted by Gasteiger charge is -2.04. The van der Waals surface area contributed by atoms with Crippen LogP contribution in [0.5, 0.6) is 0 Å². The van der Waals surface area contributed by atoms with E-state index in [0.717, 1.165) is 6.07 Å². The zero-order valence-corrected chi connectivity index (χ0v) is 7.92.